The number of hydrogen-bond donors (Lipinski definition) is 1. The van der Waals surface area contributed by atoms with Crippen molar-refractivity contribution in [3.05, 3.63) is 48.2 Å². The van der Waals surface area contributed by atoms with Gasteiger partial charge < -0.3 is 14.4 Å². The Bertz CT molecular complexity index is 789. The Morgan fingerprint density at radius 3 is 2.79 bits per heavy atom. The Hall–Kier alpha value is -3.09. The smallest absolute Gasteiger partial charge is 0.260 e. The Kier molecular flexibility index (Phi) is 7.23. The number of hydrazone groups is 1. The Balaban J connectivity index is 1.60. The summed E-state index contributed by atoms with van der Waals surface area (Å²) in [7, 11) is 0. The lowest BCUT2D eigenvalue weighted by Gasteiger charge is -2.26. The van der Waals surface area contributed by atoms with Crippen LogP contribution in [0.25, 0.3) is 0 Å². The first-order valence-electron chi connectivity index (χ1n) is 9.64. The number of carbonyl (C=O) groups is 1. The maximum absolute atomic E-state index is 12.3. The Labute approximate surface area is 165 Å². The number of carbonyl (C=O) groups excluding carboxylic acids is 1. The molecule has 1 saturated heterocycles. The molecule has 0 saturated carbocycles. The third-order valence-electron chi connectivity index (χ3n) is 4.39. The number of rotatable bonds is 8. The van der Waals surface area contributed by atoms with Gasteiger partial charge in [-0.2, -0.15) is 5.10 Å². The van der Waals surface area contributed by atoms with E-state index >= 15 is 0 Å². The molecule has 148 valence electrons. The second kappa shape index (κ2) is 10.3. The zero-order valence-corrected chi connectivity index (χ0v) is 16.1. The molecule has 0 bridgehead atoms. The highest BCUT2D eigenvalue weighted by Crippen LogP contribution is 2.28. The largest absolute Gasteiger partial charge is 0.490 e. The number of pyridine rings is 1. The van der Waals surface area contributed by atoms with Crippen LogP contribution in [-0.4, -0.2) is 48.3 Å². The van der Waals surface area contributed by atoms with Crippen LogP contribution in [0.2, 0.25) is 0 Å². The molecule has 1 aromatic carbocycles. The number of anilines is 1. The molecule has 0 unspecified atom stereocenters. The van der Waals surface area contributed by atoms with Crippen LogP contribution in [0.4, 0.5) is 5.82 Å². The highest BCUT2D eigenvalue weighted by molar-refractivity contribution is 5.81. The van der Waals surface area contributed by atoms with E-state index in [0.29, 0.717) is 23.9 Å². The average molecular weight is 382 g/mol. The summed E-state index contributed by atoms with van der Waals surface area (Å²) in [6.07, 6.45) is 6.70. The number of aromatic nitrogens is 1. The van der Waals surface area contributed by atoms with Crippen LogP contribution in [0.5, 0.6) is 11.5 Å². The number of ether oxygens (including phenoxy) is 2. The molecule has 1 N–H and O–H groups in total. The highest BCUT2D eigenvalue weighted by atomic mass is 16.5. The van der Waals surface area contributed by atoms with Crippen molar-refractivity contribution < 1.29 is 14.3 Å². The minimum Gasteiger partial charge on any atom is -0.490 e. The molecule has 3 rings (SSSR count). The van der Waals surface area contributed by atoms with E-state index in [4.69, 9.17) is 9.47 Å². The molecule has 28 heavy (non-hydrogen) atoms. The van der Waals surface area contributed by atoms with E-state index < -0.39 is 0 Å². The molecule has 0 atom stereocenters. The third kappa shape index (κ3) is 5.70. The van der Waals surface area contributed by atoms with Crippen LogP contribution in [-0.2, 0) is 4.79 Å². The molecule has 7 heteroatoms. The molecule has 0 radical (unpaired) electrons. The summed E-state index contributed by atoms with van der Waals surface area (Å²) < 4.78 is 11.4. The van der Waals surface area contributed by atoms with Crippen molar-refractivity contribution in [1.29, 1.82) is 0 Å². The van der Waals surface area contributed by atoms with Crippen LogP contribution in [0.3, 0.4) is 0 Å². The van der Waals surface area contributed by atoms with E-state index in [1.807, 2.05) is 42.2 Å². The Morgan fingerprint density at radius 2 is 2.04 bits per heavy atom. The van der Waals surface area contributed by atoms with Crippen molar-refractivity contribution in [2.45, 2.75) is 26.2 Å². The number of nitrogens with one attached hydrogen (secondary N) is 1. The summed E-state index contributed by atoms with van der Waals surface area (Å²) in [5.74, 6) is 1.84. The van der Waals surface area contributed by atoms with Gasteiger partial charge in [-0.25, -0.2) is 4.98 Å². The van der Waals surface area contributed by atoms with Gasteiger partial charge in [0.1, 0.15) is 5.82 Å². The first kappa shape index (κ1) is 19.7. The second-order valence-corrected chi connectivity index (χ2v) is 6.45. The lowest BCUT2D eigenvalue weighted by Crippen LogP contribution is -2.38. The van der Waals surface area contributed by atoms with Gasteiger partial charge in [0.15, 0.2) is 18.1 Å². The molecule has 7 nitrogen and oxygen atoms in total. The van der Waals surface area contributed by atoms with Gasteiger partial charge >= 0.3 is 0 Å². The average Bonchev–Trinajstić information content (AvgIpc) is 2.74. The highest BCUT2D eigenvalue weighted by Gasteiger charge is 2.17. The number of piperidine rings is 1. The number of amides is 1. The van der Waals surface area contributed by atoms with Crippen LogP contribution < -0.4 is 14.9 Å². The lowest BCUT2D eigenvalue weighted by atomic mass is 10.1. The Morgan fingerprint density at radius 1 is 1.18 bits per heavy atom. The second-order valence-electron chi connectivity index (χ2n) is 6.45. The predicted octanol–water partition coefficient (Wildman–Crippen LogP) is 3.32. The molecule has 0 aliphatic carbocycles. The van der Waals surface area contributed by atoms with Crippen molar-refractivity contribution in [2.24, 2.45) is 5.10 Å². The quantitative estimate of drug-likeness (QED) is 0.560. The van der Waals surface area contributed by atoms with Gasteiger partial charge in [0.25, 0.3) is 5.91 Å². The molecule has 2 aromatic rings. The fourth-order valence-corrected chi connectivity index (χ4v) is 2.97. The van der Waals surface area contributed by atoms with E-state index in [0.717, 1.165) is 31.5 Å². The van der Waals surface area contributed by atoms with Crippen LogP contribution in [0, 0.1) is 0 Å². The zero-order valence-electron chi connectivity index (χ0n) is 16.1. The maximum Gasteiger partial charge on any atom is 0.260 e. The predicted molar refractivity (Wildman–Crippen MR) is 109 cm³/mol. The van der Waals surface area contributed by atoms with Gasteiger partial charge in [-0.15, -0.1) is 0 Å². The molecular formula is C21H26N4O3. The molecule has 1 fully saturated rings. The molecule has 1 amide bonds. The first-order valence-corrected chi connectivity index (χ1v) is 9.64. The summed E-state index contributed by atoms with van der Waals surface area (Å²) in [6, 6.07) is 11.1. The van der Waals surface area contributed by atoms with Crippen LogP contribution in [0.1, 0.15) is 31.7 Å². The van der Waals surface area contributed by atoms with Crippen molar-refractivity contribution in [3.63, 3.8) is 0 Å². The number of benzene rings is 1. The number of nitrogens with zero attached hydrogens (tertiary/aromatic N) is 3. The van der Waals surface area contributed by atoms with Gasteiger partial charge in [-0.05, 0) is 62.1 Å². The van der Waals surface area contributed by atoms with Gasteiger partial charge in [-0.1, -0.05) is 6.07 Å². The molecule has 1 aliphatic heterocycles. The van der Waals surface area contributed by atoms with E-state index in [9.17, 15) is 4.79 Å². The minimum absolute atomic E-state index is 0.0207. The normalized spacial score (nSPS) is 14.1. The zero-order chi connectivity index (χ0) is 19.6. The first-order chi connectivity index (χ1) is 13.8. The van der Waals surface area contributed by atoms with Crippen molar-refractivity contribution in [2.75, 3.05) is 31.7 Å². The summed E-state index contributed by atoms with van der Waals surface area (Å²) in [6.45, 7) is 4.07. The number of hydrogen-bond acceptors (Lipinski definition) is 6. The molecule has 2 heterocycles. The van der Waals surface area contributed by atoms with E-state index in [1.54, 1.807) is 18.5 Å². The molecule has 0 spiro atoms. The van der Waals surface area contributed by atoms with Crippen LogP contribution in [0.15, 0.2) is 47.7 Å². The lowest BCUT2D eigenvalue weighted by molar-refractivity contribution is -0.134. The van der Waals surface area contributed by atoms with E-state index in [2.05, 4.69) is 15.5 Å². The van der Waals surface area contributed by atoms with Crippen molar-refractivity contribution in [3.8, 4) is 11.5 Å². The molecule has 1 aliphatic rings. The molecule has 1 aromatic heterocycles. The summed E-state index contributed by atoms with van der Waals surface area (Å²) in [5, 5.41) is 4.18. The van der Waals surface area contributed by atoms with E-state index in [-0.39, 0.29) is 12.5 Å². The summed E-state index contributed by atoms with van der Waals surface area (Å²) >= 11 is 0. The van der Waals surface area contributed by atoms with Crippen molar-refractivity contribution in [1.82, 2.24) is 9.88 Å². The van der Waals surface area contributed by atoms with Crippen LogP contribution >= 0.6 is 0 Å². The summed E-state index contributed by atoms with van der Waals surface area (Å²) in [5.41, 5.74) is 3.72. The topological polar surface area (TPSA) is 76.0 Å². The van der Waals surface area contributed by atoms with E-state index in [1.165, 1.54) is 6.42 Å². The maximum atomic E-state index is 12.3. The standard InChI is InChI=1S/C21H26N4O3/c1-2-27-19-14-17(15-23-24-20-8-4-5-11-22-20)9-10-18(19)28-16-21(26)25-12-6-3-7-13-25/h4-5,8-11,14-15H,2-3,6-7,12-13,16H2,1H3,(H,22,24)/b23-15+. The minimum atomic E-state index is 0.0207. The monoisotopic (exact) mass is 382 g/mol. The van der Waals surface area contributed by atoms with Crippen molar-refractivity contribution >= 4 is 17.9 Å². The summed E-state index contributed by atoms with van der Waals surface area (Å²) in [4.78, 5) is 18.3. The van der Waals surface area contributed by atoms with Gasteiger partial charge in [-0.3, -0.25) is 10.2 Å². The number of likely N-dealkylation sites (tertiary alicyclic amines) is 1. The van der Waals surface area contributed by atoms with Gasteiger partial charge in [0, 0.05) is 19.3 Å². The molecular weight excluding hydrogens is 356 g/mol. The SMILES string of the molecule is CCOc1cc(/C=N/Nc2ccccn2)ccc1OCC(=O)N1CCCCC1. The van der Waals surface area contributed by atoms with Gasteiger partial charge in [0.05, 0.1) is 12.8 Å². The fourth-order valence-electron chi connectivity index (χ4n) is 2.97. The third-order valence-corrected chi connectivity index (χ3v) is 4.39. The van der Waals surface area contributed by atoms with Gasteiger partial charge in [0.2, 0.25) is 0 Å². The fraction of sp³-hybridized carbons (Fsp3) is 0.381.